The molecule has 72 valence electrons. The van der Waals surface area contributed by atoms with Gasteiger partial charge in [-0.1, -0.05) is 20.8 Å². The number of hydrogen-bond donors (Lipinski definition) is 2. The Morgan fingerprint density at radius 1 is 1.42 bits per heavy atom. The van der Waals surface area contributed by atoms with E-state index in [1.165, 1.54) is 0 Å². The van der Waals surface area contributed by atoms with Crippen LogP contribution in [-0.4, -0.2) is 20.2 Å². The predicted octanol–water partition coefficient (Wildman–Crippen LogP) is 0.0306. The molecule has 0 spiro atoms. The highest BCUT2D eigenvalue weighted by molar-refractivity contribution is 8.04. The molecule has 0 saturated carbocycles. The largest absolute Gasteiger partial charge is 0.351 e. The smallest absolute Gasteiger partial charge is 0.341 e. The van der Waals surface area contributed by atoms with Gasteiger partial charge in [-0.25, -0.2) is 13.6 Å². The molecule has 0 atom stereocenters. The van der Waals surface area contributed by atoms with Crippen molar-refractivity contribution in [3.05, 3.63) is 0 Å². The minimum atomic E-state index is -4.08. The molecular formula is C6H14N2O3S. The number of nitrogens with two attached hydrogens (primary N) is 1. The Bertz CT molecular complexity index is 263. The van der Waals surface area contributed by atoms with Crippen molar-refractivity contribution in [1.82, 2.24) is 5.32 Å². The average Bonchev–Trinajstić information content (AvgIpc) is 1.78. The Hall–Kier alpha value is -0.620. The molecule has 0 heterocycles. The van der Waals surface area contributed by atoms with Crippen LogP contribution in [-0.2, 0) is 10.0 Å². The van der Waals surface area contributed by atoms with Gasteiger partial charge in [0.1, 0.15) is 0 Å². The Balaban J connectivity index is 4.08. The minimum Gasteiger partial charge on any atom is -0.341 e. The molecule has 5 nitrogen and oxygen atoms in total. The number of carbonyl (C=O) groups is 1. The van der Waals surface area contributed by atoms with E-state index in [0.717, 1.165) is 0 Å². The molecule has 0 saturated heterocycles. The first-order valence-electron chi connectivity index (χ1n) is 3.43. The lowest BCUT2D eigenvalue weighted by Gasteiger charge is -2.17. The first-order chi connectivity index (χ1) is 5.13. The minimum absolute atomic E-state index is 0.152. The average molecular weight is 194 g/mol. The van der Waals surface area contributed by atoms with Crippen molar-refractivity contribution in [3.8, 4) is 0 Å². The van der Waals surface area contributed by atoms with E-state index in [4.69, 9.17) is 0 Å². The molecule has 0 rings (SSSR count). The molecule has 0 aromatic carbocycles. The molecule has 0 aliphatic rings. The number of rotatable bonds is 1. The van der Waals surface area contributed by atoms with E-state index < -0.39 is 15.3 Å². The second kappa shape index (κ2) is 3.40. The summed E-state index contributed by atoms with van der Waals surface area (Å²) in [5, 5.41) is 5.65. The van der Waals surface area contributed by atoms with Gasteiger partial charge < -0.3 is 5.32 Å². The maximum atomic E-state index is 10.7. The van der Waals surface area contributed by atoms with Gasteiger partial charge in [-0.15, -0.1) is 0 Å². The number of carbonyl (C=O) groups excluding carboxylic acids is 1. The van der Waals surface area contributed by atoms with Crippen LogP contribution in [0.4, 0.5) is 4.79 Å². The van der Waals surface area contributed by atoms with Gasteiger partial charge in [0.05, 0.1) is 0 Å². The Labute approximate surface area is 72.4 Å². The quantitative estimate of drug-likeness (QED) is 0.617. The molecule has 6 heteroatoms. The summed E-state index contributed by atoms with van der Waals surface area (Å²) in [5.41, 5.74) is -0.152. The highest BCUT2D eigenvalue weighted by Gasteiger charge is 2.18. The number of sulfonamides is 1. The fourth-order valence-corrected chi connectivity index (χ4v) is 0.711. The third kappa shape index (κ3) is 5.09. The molecule has 0 fully saturated rings. The highest BCUT2D eigenvalue weighted by Crippen LogP contribution is 2.10. The summed E-state index contributed by atoms with van der Waals surface area (Å²) in [4.78, 5) is 10.7. The summed E-state index contributed by atoms with van der Waals surface area (Å²) < 4.78 is 20.8. The molecule has 1 amide bonds. The third-order valence-corrected chi connectivity index (χ3v) is 1.68. The summed E-state index contributed by atoms with van der Waals surface area (Å²) in [5.74, 6) is 0. The van der Waals surface area contributed by atoms with Crippen molar-refractivity contribution in [2.24, 2.45) is 10.6 Å². The maximum absolute atomic E-state index is 10.7. The molecule has 0 aliphatic heterocycles. The number of primary sulfonamides is 1. The molecule has 0 bridgehead atoms. The van der Waals surface area contributed by atoms with Crippen LogP contribution in [0.1, 0.15) is 20.8 Å². The fraction of sp³-hybridized carbons (Fsp3) is 0.833. The molecule has 3 N–H and O–H groups in total. The van der Waals surface area contributed by atoms with E-state index in [9.17, 15) is 13.2 Å². The van der Waals surface area contributed by atoms with Crippen LogP contribution in [0.25, 0.3) is 0 Å². The van der Waals surface area contributed by atoms with Gasteiger partial charge in [-0.05, 0) is 5.41 Å². The van der Waals surface area contributed by atoms with E-state index in [1.807, 2.05) is 20.8 Å². The van der Waals surface area contributed by atoms with Gasteiger partial charge in [0, 0.05) is 6.54 Å². The zero-order chi connectivity index (χ0) is 9.99. The van der Waals surface area contributed by atoms with Crippen molar-refractivity contribution in [2.45, 2.75) is 20.8 Å². The molecule has 0 aromatic rings. The molecule has 0 unspecified atom stereocenters. The summed E-state index contributed by atoms with van der Waals surface area (Å²) in [6, 6.07) is 0. The highest BCUT2D eigenvalue weighted by atomic mass is 32.2. The van der Waals surface area contributed by atoms with Crippen LogP contribution in [0, 0.1) is 5.41 Å². The van der Waals surface area contributed by atoms with Crippen molar-refractivity contribution in [1.29, 1.82) is 0 Å². The first-order valence-corrected chi connectivity index (χ1v) is 4.98. The monoisotopic (exact) mass is 194 g/mol. The van der Waals surface area contributed by atoms with E-state index in [0.29, 0.717) is 0 Å². The van der Waals surface area contributed by atoms with Crippen LogP contribution in [0.3, 0.4) is 0 Å². The topological polar surface area (TPSA) is 89.3 Å². The van der Waals surface area contributed by atoms with Gasteiger partial charge in [-0.2, -0.15) is 0 Å². The lowest BCUT2D eigenvalue weighted by atomic mass is 9.97. The second-order valence-electron chi connectivity index (χ2n) is 3.75. The van der Waals surface area contributed by atoms with Crippen molar-refractivity contribution < 1.29 is 13.2 Å². The normalized spacial score (nSPS) is 12.7. The van der Waals surface area contributed by atoms with Crippen LogP contribution in [0.5, 0.6) is 0 Å². The van der Waals surface area contributed by atoms with E-state index >= 15 is 0 Å². The summed E-state index contributed by atoms with van der Waals surface area (Å²) in [6.07, 6.45) is 0. The fourth-order valence-electron chi connectivity index (χ4n) is 0.438. The zero-order valence-corrected chi connectivity index (χ0v) is 8.23. The predicted molar refractivity (Wildman–Crippen MR) is 46.0 cm³/mol. The standard InChI is InChI=1S/C6H14N2O3S/c1-6(2,3)4-8-5(9)12(7,10)11/h4H2,1-3H3,(H,8,9)(H2,7,10,11). The van der Waals surface area contributed by atoms with Crippen LogP contribution < -0.4 is 10.5 Å². The summed E-state index contributed by atoms with van der Waals surface area (Å²) in [7, 11) is -4.08. The maximum Gasteiger partial charge on any atom is 0.351 e. The number of nitrogens with one attached hydrogen (secondary N) is 1. The van der Waals surface area contributed by atoms with Gasteiger partial charge >= 0.3 is 5.24 Å². The summed E-state index contributed by atoms with van der Waals surface area (Å²) >= 11 is 0. The Morgan fingerprint density at radius 3 is 2.08 bits per heavy atom. The first kappa shape index (κ1) is 11.4. The van der Waals surface area contributed by atoms with Crippen LogP contribution in [0.15, 0.2) is 0 Å². The molecule has 0 aromatic heterocycles. The van der Waals surface area contributed by atoms with Gasteiger partial charge in [-0.3, -0.25) is 4.79 Å². The number of amides is 1. The lowest BCUT2D eigenvalue weighted by molar-refractivity contribution is 0.253. The zero-order valence-electron chi connectivity index (χ0n) is 7.42. The van der Waals surface area contributed by atoms with E-state index in [2.05, 4.69) is 10.5 Å². The van der Waals surface area contributed by atoms with Gasteiger partial charge in [0.15, 0.2) is 0 Å². The van der Waals surface area contributed by atoms with Crippen molar-refractivity contribution in [3.63, 3.8) is 0 Å². The third-order valence-electron chi connectivity index (χ3n) is 1.02. The summed E-state index contributed by atoms with van der Waals surface area (Å²) in [6.45, 7) is 5.89. The van der Waals surface area contributed by atoms with E-state index in [-0.39, 0.29) is 12.0 Å². The number of hydrogen-bond acceptors (Lipinski definition) is 3. The van der Waals surface area contributed by atoms with Crippen LogP contribution >= 0.6 is 0 Å². The van der Waals surface area contributed by atoms with Gasteiger partial charge in [0.25, 0.3) is 10.0 Å². The molecular weight excluding hydrogens is 180 g/mol. The van der Waals surface area contributed by atoms with Gasteiger partial charge in [0.2, 0.25) is 0 Å². The molecule has 0 radical (unpaired) electrons. The van der Waals surface area contributed by atoms with Crippen LogP contribution in [0.2, 0.25) is 0 Å². The van der Waals surface area contributed by atoms with Crippen molar-refractivity contribution in [2.75, 3.05) is 6.54 Å². The Morgan fingerprint density at radius 2 is 1.83 bits per heavy atom. The Kier molecular flexibility index (Phi) is 3.23. The molecule has 12 heavy (non-hydrogen) atoms. The molecule has 0 aliphatic carbocycles. The van der Waals surface area contributed by atoms with Crippen molar-refractivity contribution >= 4 is 15.3 Å². The SMILES string of the molecule is CC(C)(C)CNC(=O)S(N)(=O)=O. The van der Waals surface area contributed by atoms with E-state index in [1.54, 1.807) is 0 Å². The lowest BCUT2D eigenvalue weighted by Crippen LogP contribution is -2.38. The second-order valence-corrected chi connectivity index (χ2v) is 5.21.